The number of nitrogens with zero attached hydrogens (tertiary/aromatic N) is 4. The third-order valence-corrected chi connectivity index (χ3v) is 5.12. The highest BCUT2D eigenvalue weighted by molar-refractivity contribution is 6.36. The van der Waals surface area contributed by atoms with Crippen molar-refractivity contribution in [3.63, 3.8) is 0 Å². The number of anilines is 1. The monoisotopic (exact) mass is 368 g/mol. The number of hydrogen-bond acceptors (Lipinski definition) is 5. The van der Waals surface area contributed by atoms with Crippen LogP contribution in [0.4, 0.5) is 5.82 Å². The number of methoxy groups -OCH3 is 1. The predicted molar refractivity (Wildman–Crippen MR) is 105 cm³/mol. The Bertz CT molecular complexity index is 904. The summed E-state index contributed by atoms with van der Waals surface area (Å²) in [5, 5.41) is 1.65. The van der Waals surface area contributed by atoms with Crippen molar-refractivity contribution in [2.45, 2.75) is 6.54 Å². The summed E-state index contributed by atoms with van der Waals surface area (Å²) in [4.78, 5) is 13.6. The van der Waals surface area contributed by atoms with Gasteiger partial charge in [0.15, 0.2) is 0 Å². The van der Waals surface area contributed by atoms with E-state index in [1.165, 1.54) is 5.56 Å². The first-order valence-corrected chi connectivity index (χ1v) is 9.12. The van der Waals surface area contributed by atoms with Crippen molar-refractivity contribution in [2.75, 3.05) is 38.2 Å². The maximum Gasteiger partial charge on any atom is 0.141 e. The molecule has 2 aromatic carbocycles. The fourth-order valence-electron chi connectivity index (χ4n) is 3.44. The molecule has 0 saturated carbocycles. The zero-order chi connectivity index (χ0) is 17.9. The molecule has 2 heterocycles. The Morgan fingerprint density at radius 1 is 1.04 bits per heavy atom. The van der Waals surface area contributed by atoms with Crippen LogP contribution in [0.15, 0.2) is 48.8 Å². The summed E-state index contributed by atoms with van der Waals surface area (Å²) < 4.78 is 5.32. The summed E-state index contributed by atoms with van der Waals surface area (Å²) in [7, 11) is 1.70. The molecular weight excluding hydrogens is 348 g/mol. The molecule has 0 atom stereocenters. The molecule has 3 aromatic rings. The van der Waals surface area contributed by atoms with Gasteiger partial charge in [-0.3, -0.25) is 4.90 Å². The lowest BCUT2D eigenvalue weighted by molar-refractivity contribution is 0.249. The van der Waals surface area contributed by atoms with E-state index < -0.39 is 0 Å². The van der Waals surface area contributed by atoms with Crippen molar-refractivity contribution < 1.29 is 4.74 Å². The van der Waals surface area contributed by atoms with E-state index in [1.54, 1.807) is 13.4 Å². The summed E-state index contributed by atoms with van der Waals surface area (Å²) in [5.74, 6) is 1.84. The minimum absolute atomic E-state index is 0.705. The molecule has 4 rings (SSSR count). The fraction of sp³-hybridized carbons (Fsp3) is 0.300. The van der Waals surface area contributed by atoms with Crippen LogP contribution in [0.25, 0.3) is 10.9 Å². The smallest absolute Gasteiger partial charge is 0.141 e. The third kappa shape index (κ3) is 3.45. The summed E-state index contributed by atoms with van der Waals surface area (Å²) in [5.41, 5.74) is 2.16. The molecule has 134 valence electrons. The van der Waals surface area contributed by atoms with E-state index in [2.05, 4.69) is 31.9 Å². The maximum absolute atomic E-state index is 6.42. The molecule has 0 radical (unpaired) electrons. The van der Waals surface area contributed by atoms with E-state index >= 15 is 0 Å². The number of halogens is 1. The van der Waals surface area contributed by atoms with Crippen LogP contribution in [0.2, 0.25) is 5.02 Å². The molecule has 1 fully saturated rings. The molecular formula is C20H21ClN4O. The van der Waals surface area contributed by atoms with E-state index in [4.69, 9.17) is 16.3 Å². The highest BCUT2D eigenvalue weighted by Gasteiger charge is 2.21. The molecule has 1 aliphatic rings. The third-order valence-electron chi connectivity index (χ3n) is 4.80. The van der Waals surface area contributed by atoms with Gasteiger partial charge >= 0.3 is 0 Å². The predicted octanol–water partition coefficient (Wildman–Crippen LogP) is 3.61. The zero-order valence-electron chi connectivity index (χ0n) is 14.7. The summed E-state index contributed by atoms with van der Waals surface area (Å²) in [6.45, 7) is 4.72. The molecule has 1 saturated heterocycles. The molecule has 0 aliphatic carbocycles. The maximum atomic E-state index is 6.42. The molecule has 0 spiro atoms. The zero-order valence-corrected chi connectivity index (χ0v) is 15.5. The van der Waals surface area contributed by atoms with Gasteiger partial charge in [-0.25, -0.2) is 9.97 Å². The van der Waals surface area contributed by atoms with Crippen LogP contribution in [0.5, 0.6) is 5.75 Å². The Morgan fingerprint density at radius 2 is 1.85 bits per heavy atom. The van der Waals surface area contributed by atoms with Crippen molar-refractivity contribution in [2.24, 2.45) is 0 Å². The lowest BCUT2D eigenvalue weighted by Gasteiger charge is -2.35. The number of aromatic nitrogens is 2. The summed E-state index contributed by atoms with van der Waals surface area (Å²) >= 11 is 6.42. The van der Waals surface area contributed by atoms with E-state index in [0.29, 0.717) is 5.02 Å². The van der Waals surface area contributed by atoms with Gasteiger partial charge < -0.3 is 9.64 Å². The molecule has 0 N–H and O–H groups in total. The fourth-order valence-corrected chi connectivity index (χ4v) is 3.69. The number of piperazine rings is 1. The molecule has 1 aliphatic heterocycles. The van der Waals surface area contributed by atoms with Gasteiger partial charge in [-0.05, 0) is 29.8 Å². The second kappa shape index (κ2) is 7.48. The van der Waals surface area contributed by atoms with Crippen molar-refractivity contribution >= 4 is 28.3 Å². The van der Waals surface area contributed by atoms with Gasteiger partial charge in [-0.15, -0.1) is 0 Å². The Balaban J connectivity index is 1.47. The van der Waals surface area contributed by atoms with Gasteiger partial charge in [-0.1, -0.05) is 29.8 Å². The SMILES string of the molecule is COc1cccc(CN2CCN(c3ncnc4cccc(Cl)c34)CC2)c1. The van der Waals surface area contributed by atoms with Crippen LogP contribution in [-0.2, 0) is 6.54 Å². The molecule has 1 aromatic heterocycles. The molecule has 6 heteroatoms. The van der Waals surface area contributed by atoms with Gasteiger partial charge in [0.05, 0.1) is 23.0 Å². The van der Waals surface area contributed by atoms with Gasteiger partial charge in [0.2, 0.25) is 0 Å². The Labute approximate surface area is 158 Å². The molecule has 0 amide bonds. The quantitative estimate of drug-likeness (QED) is 0.703. The van der Waals surface area contributed by atoms with Crippen LogP contribution in [0, 0.1) is 0 Å². The Kier molecular flexibility index (Phi) is 4.91. The van der Waals surface area contributed by atoms with Crippen molar-refractivity contribution in [1.29, 1.82) is 0 Å². The Hall–Kier alpha value is -2.37. The van der Waals surface area contributed by atoms with E-state index in [0.717, 1.165) is 55.2 Å². The topological polar surface area (TPSA) is 41.5 Å². The van der Waals surface area contributed by atoms with E-state index in [1.807, 2.05) is 30.3 Å². The van der Waals surface area contributed by atoms with Gasteiger partial charge in [-0.2, -0.15) is 0 Å². The highest BCUT2D eigenvalue weighted by atomic mass is 35.5. The molecule has 0 bridgehead atoms. The second-order valence-electron chi connectivity index (χ2n) is 6.45. The first kappa shape index (κ1) is 17.1. The summed E-state index contributed by atoms with van der Waals surface area (Å²) in [6.07, 6.45) is 1.62. The highest BCUT2D eigenvalue weighted by Crippen LogP contribution is 2.30. The molecule has 0 unspecified atom stereocenters. The normalized spacial score (nSPS) is 15.4. The molecule has 5 nitrogen and oxygen atoms in total. The molecule has 26 heavy (non-hydrogen) atoms. The average Bonchev–Trinajstić information content (AvgIpc) is 2.69. The standard InChI is InChI=1S/C20H21ClN4O/c1-26-16-5-2-4-15(12-16)13-24-8-10-25(11-9-24)20-19-17(21)6-3-7-18(19)22-14-23-20/h2-7,12,14H,8-11,13H2,1H3. The van der Waals surface area contributed by atoms with Gasteiger partial charge in [0.25, 0.3) is 0 Å². The first-order valence-electron chi connectivity index (χ1n) is 8.74. The minimum atomic E-state index is 0.705. The van der Waals surface area contributed by atoms with Crippen LogP contribution in [-0.4, -0.2) is 48.2 Å². The number of benzene rings is 2. The average molecular weight is 369 g/mol. The van der Waals surface area contributed by atoms with Crippen LogP contribution >= 0.6 is 11.6 Å². The Morgan fingerprint density at radius 3 is 2.65 bits per heavy atom. The van der Waals surface area contributed by atoms with Crippen molar-refractivity contribution in [1.82, 2.24) is 14.9 Å². The largest absolute Gasteiger partial charge is 0.497 e. The van der Waals surface area contributed by atoms with Gasteiger partial charge in [0.1, 0.15) is 17.9 Å². The van der Waals surface area contributed by atoms with Crippen molar-refractivity contribution in [3.05, 3.63) is 59.4 Å². The number of rotatable bonds is 4. The van der Waals surface area contributed by atoms with Crippen molar-refractivity contribution in [3.8, 4) is 5.75 Å². The van der Waals surface area contributed by atoms with Crippen LogP contribution in [0.3, 0.4) is 0 Å². The number of hydrogen-bond donors (Lipinski definition) is 0. The van der Waals surface area contributed by atoms with E-state index in [-0.39, 0.29) is 0 Å². The van der Waals surface area contributed by atoms with Crippen LogP contribution in [0.1, 0.15) is 5.56 Å². The number of ether oxygens (including phenoxy) is 1. The first-order chi connectivity index (χ1) is 12.7. The number of fused-ring (bicyclic) bond motifs is 1. The van der Waals surface area contributed by atoms with Crippen LogP contribution < -0.4 is 9.64 Å². The van der Waals surface area contributed by atoms with Gasteiger partial charge in [0, 0.05) is 32.7 Å². The minimum Gasteiger partial charge on any atom is -0.497 e. The van der Waals surface area contributed by atoms with E-state index in [9.17, 15) is 0 Å². The lowest BCUT2D eigenvalue weighted by atomic mass is 10.1. The lowest BCUT2D eigenvalue weighted by Crippen LogP contribution is -2.46. The summed E-state index contributed by atoms with van der Waals surface area (Å²) in [6, 6.07) is 14.1. The second-order valence-corrected chi connectivity index (χ2v) is 6.85.